The minimum atomic E-state index is -3.39. The van der Waals surface area contributed by atoms with E-state index in [1.165, 1.54) is 0 Å². The van der Waals surface area contributed by atoms with Gasteiger partial charge in [-0.2, -0.15) is 0 Å². The number of aromatic nitrogens is 1. The maximum absolute atomic E-state index is 12.8. The molecule has 4 rings (SSSR count). The van der Waals surface area contributed by atoms with Gasteiger partial charge in [0.25, 0.3) is 0 Å². The topological polar surface area (TPSA) is 68.7 Å². The maximum Gasteiger partial charge on any atom is 0.218 e. The standard InChI is InChI=1S/C17H20N2O4S/c20-24(21,19-9-6-17(7-10-19)22-11-12-23-17)13-15-4-1-3-14-5-2-8-18-16(14)15/h1-5,8H,6-7,9-13H2. The summed E-state index contributed by atoms with van der Waals surface area (Å²) in [6, 6.07) is 9.45. The Bertz CT molecular complexity index is 831. The fourth-order valence-corrected chi connectivity index (χ4v) is 5.01. The number of nitrogens with zero attached hydrogens (tertiary/aromatic N) is 2. The molecule has 3 heterocycles. The quantitative estimate of drug-likeness (QED) is 0.847. The van der Waals surface area contributed by atoms with Crippen molar-refractivity contribution in [1.29, 1.82) is 0 Å². The van der Waals surface area contributed by atoms with Crippen LogP contribution in [0.1, 0.15) is 18.4 Å². The Morgan fingerprint density at radius 1 is 1.08 bits per heavy atom. The van der Waals surface area contributed by atoms with E-state index in [9.17, 15) is 8.42 Å². The van der Waals surface area contributed by atoms with Crippen LogP contribution in [-0.4, -0.2) is 49.8 Å². The van der Waals surface area contributed by atoms with Crippen molar-refractivity contribution in [3.8, 4) is 0 Å². The van der Waals surface area contributed by atoms with Crippen LogP contribution in [-0.2, 0) is 25.2 Å². The lowest BCUT2D eigenvalue weighted by Gasteiger charge is -2.36. The first-order valence-corrected chi connectivity index (χ1v) is 9.77. The fourth-order valence-electron chi connectivity index (χ4n) is 3.46. The van der Waals surface area contributed by atoms with Crippen LogP contribution in [0.2, 0.25) is 0 Å². The molecule has 0 bridgehead atoms. The molecule has 24 heavy (non-hydrogen) atoms. The number of piperidine rings is 1. The number of pyridine rings is 1. The van der Waals surface area contributed by atoms with Gasteiger partial charge in [0.15, 0.2) is 5.79 Å². The van der Waals surface area contributed by atoms with Crippen LogP contribution in [0, 0.1) is 0 Å². The lowest BCUT2D eigenvalue weighted by atomic mass is 10.1. The number of fused-ring (bicyclic) bond motifs is 1. The van der Waals surface area contributed by atoms with E-state index >= 15 is 0 Å². The van der Waals surface area contributed by atoms with Crippen LogP contribution in [0.5, 0.6) is 0 Å². The molecule has 0 radical (unpaired) electrons. The predicted octanol–water partition coefficient (Wildman–Crippen LogP) is 1.90. The Morgan fingerprint density at radius 3 is 2.54 bits per heavy atom. The summed E-state index contributed by atoms with van der Waals surface area (Å²) in [5, 5.41) is 0.954. The van der Waals surface area contributed by atoms with Crippen molar-refractivity contribution >= 4 is 20.9 Å². The molecule has 0 saturated carbocycles. The summed E-state index contributed by atoms with van der Waals surface area (Å²) in [7, 11) is -3.39. The van der Waals surface area contributed by atoms with E-state index in [1.807, 2.05) is 30.3 Å². The van der Waals surface area contributed by atoms with Crippen molar-refractivity contribution in [2.45, 2.75) is 24.4 Å². The summed E-state index contributed by atoms with van der Waals surface area (Å²) in [6.45, 7) is 2.05. The minimum absolute atomic E-state index is 0.0317. The van der Waals surface area contributed by atoms with E-state index in [-0.39, 0.29) is 5.75 Å². The SMILES string of the molecule is O=S(=O)(Cc1cccc2cccnc12)N1CCC2(CC1)OCCO2. The maximum atomic E-state index is 12.8. The highest BCUT2D eigenvalue weighted by Crippen LogP contribution is 2.33. The van der Waals surface area contributed by atoms with Gasteiger partial charge in [0.2, 0.25) is 10.0 Å². The van der Waals surface area contributed by atoms with Crippen molar-refractivity contribution < 1.29 is 17.9 Å². The normalized spacial score (nSPS) is 21.5. The van der Waals surface area contributed by atoms with Crippen LogP contribution < -0.4 is 0 Å². The zero-order valence-corrected chi connectivity index (χ0v) is 14.2. The van der Waals surface area contributed by atoms with Crippen molar-refractivity contribution in [1.82, 2.24) is 9.29 Å². The smallest absolute Gasteiger partial charge is 0.218 e. The van der Waals surface area contributed by atoms with Crippen molar-refractivity contribution in [2.75, 3.05) is 26.3 Å². The highest BCUT2D eigenvalue weighted by molar-refractivity contribution is 7.88. The zero-order valence-electron chi connectivity index (χ0n) is 13.3. The third-order valence-corrected chi connectivity index (χ3v) is 6.57. The Morgan fingerprint density at radius 2 is 1.79 bits per heavy atom. The van der Waals surface area contributed by atoms with Crippen LogP contribution in [0.3, 0.4) is 0 Å². The third kappa shape index (κ3) is 2.93. The Balaban J connectivity index is 1.53. The average Bonchev–Trinajstić information content (AvgIpc) is 3.03. The van der Waals surface area contributed by atoms with Gasteiger partial charge in [-0.05, 0) is 11.6 Å². The summed E-state index contributed by atoms with van der Waals surface area (Å²) < 4.78 is 38.5. The number of hydrogen-bond donors (Lipinski definition) is 0. The number of sulfonamides is 1. The van der Waals surface area contributed by atoms with E-state index in [0.717, 1.165) is 16.5 Å². The fraction of sp³-hybridized carbons (Fsp3) is 0.471. The Hall–Kier alpha value is -1.54. The largest absolute Gasteiger partial charge is 0.347 e. The third-order valence-electron chi connectivity index (χ3n) is 4.75. The van der Waals surface area contributed by atoms with Gasteiger partial charge in [0.05, 0.1) is 24.5 Å². The minimum Gasteiger partial charge on any atom is -0.347 e. The molecule has 0 aliphatic carbocycles. The van der Waals surface area contributed by atoms with E-state index in [2.05, 4.69) is 4.98 Å². The molecule has 0 N–H and O–H groups in total. The van der Waals surface area contributed by atoms with Crippen molar-refractivity contribution in [3.05, 3.63) is 42.1 Å². The van der Waals surface area contributed by atoms with Crippen LogP contribution in [0.25, 0.3) is 10.9 Å². The molecule has 1 spiro atoms. The molecule has 2 saturated heterocycles. The highest BCUT2D eigenvalue weighted by Gasteiger charge is 2.42. The molecule has 2 aromatic rings. The van der Waals surface area contributed by atoms with E-state index in [1.54, 1.807) is 10.5 Å². The van der Waals surface area contributed by atoms with Gasteiger partial charge in [-0.25, -0.2) is 12.7 Å². The molecule has 128 valence electrons. The number of hydrogen-bond acceptors (Lipinski definition) is 5. The summed E-state index contributed by atoms with van der Waals surface area (Å²) >= 11 is 0. The van der Waals surface area contributed by atoms with Crippen LogP contribution in [0.4, 0.5) is 0 Å². The second-order valence-electron chi connectivity index (χ2n) is 6.26. The predicted molar refractivity (Wildman–Crippen MR) is 89.8 cm³/mol. The lowest BCUT2D eigenvalue weighted by Crippen LogP contribution is -2.47. The van der Waals surface area contributed by atoms with Gasteiger partial charge in [-0.1, -0.05) is 24.3 Å². The highest BCUT2D eigenvalue weighted by atomic mass is 32.2. The van der Waals surface area contributed by atoms with Gasteiger partial charge in [0.1, 0.15) is 0 Å². The first-order valence-electron chi connectivity index (χ1n) is 8.16. The summed E-state index contributed by atoms with van der Waals surface area (Å²) in [6.07, 6.45) is 2.86. The van der Waals surface area contributed by atoms with Gasteiger partial charge >= 0.3 is 0 Å². The number of ether oxygens (including phenoxy) is 2. The molecule has 7 heteroatoms. The zero-order chi connectivity index (χ0) is 16.6. The van der Waals surface area contributed by atoms with E-state index in [0.29, 0.717) is 39.1 Å². The van der Waals surface area contributed by atoms with Gasteiger partial charge in [-0.15, -0.1) is 0 Å². The second-order valence-corrected chi connectivity index (χ2v) is 8.22. The van der Waals surface area contributed by atoms with Crippen molar-refractivity contribution in [2.24, 2.45) is 0 Å². The summed E-state index contributed by atoms with van der Waals surface area (Å²) in [5.41, 5.74) is 1.49. The first-order chi connectivity index (χ1) is 11.6. The van der Waals surface area contributed by atoms with E-state index in [4.69, 9.17) is 9.47 Å². The number of rotatable bonds is 3. The Kier molecular flexibility index (Phi) is 4.04. The molecule has 2 fully saturated rings. The second kappa shape index (κ2) is 6.07. The molecule has 0 unspecified atom stereocenters. The summed E-state index contributed by atoms with van der Waals surface area (Å²) in [4.78, 5) is 4.35. The molecular weight excluding hydrogens is 328 g/mol. The molecular formula is C17H20N2O4S. The molecule has 6 nitrogen and oxygen atoms in total. The van der Waals surface area contributed by atoms with Crippen LogP contribution >= 0.6 is 0 Å². The van der Waals surface area contributed by atoms with Gasteiger partial charge in [0, 0.05) is 37.5 Å². The van der Waals surface area contributed by atoms with Crippen molar-refractivity contribution in [3.63, 3.8) is 0 Å². The molecule has 1 aromatic heterocycles. The summed E-state index contributed by atoms with van der Waals surface area (Å²) in [5.74, 6) is -0.594. The van der Waals surface area contributed by atoms with Crippen LogP contribution in [0.15, 0.2) is 36.5 Å². The number of para-hydroxylation sites is 1. The lowest BCUT2D eigenvalue weighted by molar-refractivity contribution is -0.179. The van der Waals surface area contributed by atoms with Gasteiger partial charge in [-0.3, -0.25) is 4.98 Å². The molecule has 0 amide bonds. The van der Waals surface area contributed by atoms with E-state index < -0.39 is 15.8 Å². The molecule has 0 atom stereocenters. The average molecular weight is 348 g/mol. The number of benzene rings is 1. The molecule has 2 aliphatic heterocycles. The first kappa shape index (κ1) is 16.0. The molecule has 1 aromatic carbocycles. The molecule has 2 aliphatic rings. The monoisotopic (exact) mass is 348 g/mol. The van der Waals surface area contributed by atoms with Gasteiger partial charge < -0.3 is 9.47 Å². The Labute approximate surface area is 141 Å².